The van der Waals surface area contributed by atoms with Crippen molar-refractivity contribution in [3.63, 3.8) is 0 Å². The first-order valence-corrected chi connectivity index (χ1v) is 6.65. The van der Waals surface area contributed by atoms with Crippen molar-refractivity contribution in [1.82, 2.24) is 4.90 Å². The zero-order valence-electron chi connectivity index (χ0n) is 11.4. The van der Waals surface area contributed by atoms with E-state index >= 15 is 0 Å². The van der Waals surface area contributed by atoms with Crippen LogP contribution in [-0.4, -0.2) is 41.8 Å². The van der Waals surface area contributed by atoms with Crippen molar-refractivity contribution in [2.45, 2.75) is 32.1 Å². The van der Waals surface area contributed by atoms with Gasteiger partial charge in [0.15, 0.2) is 0 Å². The molecule has 0 radical (unpaired) electrons. The van der Waals surface area contributed by atoms with Crippen LogP contribution >= 0.6 is 0 Å². The fourth-order valence-electron chi connectivity index (χ4n) is 2.36. The van der Waals surface area contributed by atoms with Gasteiger partial charge >= 0.3 is 0 Å². The molecule has 1 aliphatic rings. The van der Waals surface area contributed by atoms with Gasteiger partial charge in [-0.1, -0.05) is 12.1 Å². The molecule has 0 saturated carbocycles. The third-order valence-corrected chi connectivity index (χ3v) is 3.85. The van der Waals surface area contributed by atoms with Crippen LogP contribution in [-0.2, 0) is 4.74 Å². The molecule has 1 N–H and O–H groups in total. The zero-order chi connectivity index (χ0) is 13.8. The molecule has 0 aliphatic carbocycles. The van der Waals surface area contributed by atoms with Gasteiger partial charge in [0.25, 0.3) is 0 Å². The maximum absolute atomic E-state index is 10.3. The summed E-state index contributed by atoms with van der Waals surface area (Å²) in [7, 11) is 0. The Balaban J connectivity index is 1.99. The van der Waals surface area contributed by atoms with E-state index in [9.17, 15) is 5.11 Å². The predicted octanol–water partition coefficient (Wildman–Crippen LogP) is 1.70. The molecule has 3 atom stereocenters. The summed E-state index contributed by atoms with van der Waals surface area (Å²) in [5, 5.41) is 19.0. The Labute approximate surface area is 114 Å². The van der Waals surface area contributed by atoms with Crippen molar-refractivity contribution in [1.29, 1.82) is 5.26 Å². The van der Waals surface area contributed by atoms with Gasteiger partial charge in [-0.25, -0.2) is 0 Å². The molecule has 0 aromatic heterocycles. The van der Waals surface area contributed by atoms with E-state index in [2.05, 4.69) is 24.8 Å². The van der Waals surface area contributed by atoms with Gasteiger partial charge in [0.05, 0.1) is 30.4 Å². The molecule has 102 valence electrons. The summed E-state index contributed by atoms with van der Waals surface area (Å²) in [5.74, 6) is 0. The van der Waals surface area contributed by atoms with Crippen molar-refractivity contribution >= 4 is 0 Å². The smallest absolute Gasteiger partial charge is 0.0991 e. The van der Waals surface area contributed by atoms with E-state index in [1.807, 2.05) is 12.1 Å². The molecule has 1 saturated heterocycles. The molecule has 1 aliphatic heterocycles. The number of benzene rings is 1. The zero-order valence-corrected chi connectivity index (χ0v) is 11.4. The van der Waals surface area contributed by atoms with Crippen LogP contribution in [0, 0.1) is 11.3 Å². The molecule has 0 bridgehead atoms. The van der Waals surface area contributed by atoms with Crippen molar-refractivity contribution in [3.8, 4) is 6.07 Å². The van der Waals surface area contributed by atoms with E-state index in [0.717, 1.165) is 12.1 Å². The van der Waals surface area contributed by atoms with Crippen LogP contribution in [0.4, 0.5) is 0 Å². The maximum Gasteiger partial charge on any atom is 0.0991 e. The molecule has 0 amide bonds. The number of rotatable bonds is 3. The first-order chi connectivity index (χ1) is 9.11. The molecule has 1 fully saturated rings. The average Bonchev–Trinajstić information content (AvgIpc) is 2.44. The number of hydrogen-bond acceptors (Lipinski definition) is 4. The van der Waals surface area contributed by atoms with Gasteiger partial charge in [0, 0.05) is 19.1 Å². The normalized spacial score (nSPS) is 25.8. The quantitative estimate of drug-likeness (QED) is 0.898. The summed E-state index contributed by atoms with van der Waals surface area (Å²) in [6.07, 6.45) is -0.331. The van der Waals surface area contributed by atoms with E-state index in [1.54, 1.807) is 12.1 Å². The Bertz CT molecular complexity index is 452. The Morgan fingerprint density at radius 2 is 2.11 bits per heavy atom. The molecule has 1 heterocycles. The predicted molar refractivity (Wildman–Crippen MR) is 72.6 cm³/mol. The van der Waals surface area contributed by atoms with Crippen LogP contribution in [0.15, 0.2) is 24.3 Å². The number of aliphatic hydroxyl groups is 1. The highest BCUT2D eigenvalue weighted by Gasteiger charge is 2.27. The standard InChI is InChI=1S/C15H20N2O2/c1-11-12(2)19-8-7-17(11)10-15(18)14-5-3-13(9-16)4-6-14/h3-6,11-12,15,18H,7-8,10H2,1-2H3. The van der Waals surface area contributed by atoms with E-state index < -0.39 is 6.10 Å². The summed E-state index contributed by atoms with van der Waals surface area (Å²) in [6.45, 7) is 6.34. The Kier molecular flexibility index (Phi) is 4.54. The fourth-order valence-corrected chi connectivity index (χ4v) is 2.36. The number of morpholine rings is 1. The third kappa shape index (κ3) is 3.32. The Morgan fingerprint density at radius 3 is 2.74 bits per heavy atom. The summed E-state index contributed by atoms with van der Waals surface area (Å²) < 4.78 is 5.58. The fraction of sp³-hybridized carbons (Fsp3) is 0.533. The summed E-state index contributed by atoms with van der Waals surface area (Å²) >= 11 is 0. The topological polar surface area (TPSA) is 56.5 Å². The van der Waals surface area contributed by atoms with Crippen LogP contribution in [0.25, 0.3) is 0 Å². The summed E-state index contributed by atoms with van der Waals surface area (Å²) in [5.41, 5.74) is 1.47. The van der Waals surface area contributed by atoms with Crippen LogP contribution in [0.2, 0.25) is 0 Å². The second-order valence-corrected chi connectivity index (χ2v) is 5.06. The highest BCUT2D eigenvalue weighted by molar-refractivity contribution is 5.32. The van der Waals surface area contributed by atoms with E-state index in [1.165, 1.54) is 0 Å². The molecule has 4 nitrogen and oxygen atoms in total. The first-order valence-electron chi connectivity index (χ1n) is 6.65. The molecular weight excluding hydrogens is 240 g/mol. The van der Waals surface area contributed by atoms with Gasteiger partial charge in [0.2, 0.25) is 0 Å². The van der Waals surface area contributed by atoms with Crippen LogP contribution in [0.5, 0.6) is 0 Å². The Morgan fingerprint density at radius 1 is 1.42 bits per heavy atom. The minimum Gasteiger partial charge on any atom is -0.387 e. The van der Waals surface area contributed by atoms with Gasteiger partial charge in [0.1, 0.15) is 0 Å². The lowest BCUT2D eigenvalue weighted by Gasteiger charge is -2.38. The van der Waals surface area contributed by atoms with Crippen molar-refractivity contribution in [2.24, 2.45) is 0 Å². The number of nitrogens with zero attached hydrogens (tertiary/aromatic N) is 2. The molecule has 1 aromatic rings. The second kappa shape index (κ2) is 6.16. The minimum absolute atomic E-state index is 0.196. The monoisotopic (exact) mass is 260 g/mol. The lowest BCUT2D eigenvalue weighted by atomic mass is 10.0. The Hall–Kier alpha value is -1.41. The SMILES string of the molecule is CC1OCCN(CC(O)c2ccc(C#N)cc2)C1C. The van der Waals surface area contributed by atoms with Crippen LogP contribution in [0.3, 0.4) is 0 Å². The van der Waals surface area contributed by atoms with Gasteiger partial charge in [-0.15, -0.1) is 0 Å². The lowest BCUT2D eigenvalue weighted by molar-refractivity contribution is -0.0673. The molecule has 0 spiro atoms. The maximum atomic E-state index is 10.3. The van der Waals surface area contributed by atoms with Crippen molar-refractivity contribution in [3.05, 3.63) is 35.4 Å². The summed E-state index contributed by atoms with van der Waals surface area (Å²) in [4.78, 5) is 2.25. The van der Waals surface area contributed by atoms with Gasteiger partial charge in [-0.2, -0.15) is 5.26 Å². The van der Waals surface area contributed by atoms with E-state index in [-0.39, 0.29) is 6.10 Å². The van der Waals surface area contributed by atoms with Crippen molar-refractivity contribution in [2.75, 3.05) is 19.7 Å². The highest BCUT2D eigenvalue weighted by atomic mass is 16.5. The number of hydrogen-bond donors (Lipinski definition) is 1. The van der Waals surface area contributed by atoms with Gasteiger partial charge < -0.3 is 9.84 Å². The van der Waals surface area contributed by atoms with E-state index in [0.29, 0.717) is 24.8 Å². The number of ether oxygens (including phenoxy) is 1. The molecule has 3 unspecified atom stereocenters. The second-order valence-electron chi connectivity index (χ2n) is 5.06. The van der Waals surface area contributed by atoms with E-state index in [4.69, 9.17) is 10.00 Å². The van der Waals surface area contributed by atoms with Gasteiger partial charge in [-0.3, -0.25) is 4.90 Å². The molecule has 1 aromatic carbocycles. The molecular formula is C15H20N2O2. The molecule has 19 heavy (non-hydrogen) atoms. The molecule has 2 rings (SSSR count). The van der Waals surface area contributed by atoms with Crippen LogP contribution in [0.1, 0.15) is 31.1 Å². The average molecular weight is 260 g/mol. The highest BCUT2D eigenvalue weighted by Crippen LogP contribution is 2.20. The first kappa shape index (κ1) is 14.0. The lowest BCUT2D eigenvalue weighted by Crippen LogP contribution is -2.49. The number of nitriles is 1. The molecule has 4 heteroatoms. The van der Waals surface area contributed by atoms with Crippen molar-refractivity contribution < 1.29 is 9.84 Å². The van der Waals surface area contributed by atoms with Gasteiger partial charge in [-0.05, 0) is 31.5 Å². The number of aliphatic hydroxyl groups excluding tert-OH is 1. The minimum atomic E-state index is -0.527. The number of β-amino-alcohol motifs (C(OH)–C–C–N with tert-alkyl or cyclic N) is 1. The largest absolute Gasteiger partial charge is 0.387 e. The summed E-state index contributed by atoms with van der Waals surface area (Å²) in [6, 6.07) is 9.50. The van der Waals surface area contributed by atoms with Crippen LogP contribution < -0.4 is 0 Å². The third-order valence-electron chi connectivity index (χ3n) is 3.85.